The van der Waals surface area contributed by atoms with Crippen molar-refractivity contribution in [3.05, 3.63) is 11.0 Å². The van der Waals surface area contributed by atoms with Gasteiger partial charge in [-0.2, -0.15) is 8.78 Å². The Hall–Kier alpha value is -0.640. The maximum Gasteiger partial charge on any atom is 0.244 e. The third-order valence-electron chi connectivity index (χ3n) is 0.605. The molecule has 0 rings (SSSR count). The lowest BCUT2D eigenvalue weighted by molar-refractivity contribution is 0.625. The molecule has 9 heavy (non-hydrogen) atoms. The fraction of sp³-hybridized carbons (Fsp3) is 0.250. The van der Waals surface area contributed by atoms with Crippen LogP contribution in [0.2, 0.25) is 0 Å². The van der Waals surface area contributed by atoms with E-state index in [1.165, 1.54) is 7.05 Å². The van der Waals surface area contributed by atoms with Crippen LogP contribution in [0, 0.1) is 5.41 Å². The Morgan fingerprint density at radius 1 is 1.56 bits per heavy atom. The van der Waals surface area contributed by atoms with E-state index in [1.807, 2.05) is 0 Å². The van der Waals surface area contributed by atoms with Crippen molar-refractivity contribution in [1.29, 1.82) is 5.41 Å². The van der Waals surface area contributed by atoms with Crippen molar-refractivity contribution >= 4 is 17.6 Å². The maximum absolute atomic E-state index is 12.0. The smallest absolute Gasteiger partial charge is 0.244 e. The van der Waals surface area contributed by atoms with Gasteiger partial charge in [0.25, 0.3) is 0 Å². The largest absolute Gasteiger partial charge is 0.376 e. The lowest BCUT2D eigenvalue weighted by Gasteiger charge is -1.94. The number of rotatable bonds is 2. The molecule has 0 unspecified atom stereocenters. The molecule has 0 aliphatic heterocycles. The van der Waals surface area contributed by atoms with Gasteiger partial charge in [0.05, 0.1) is 0 Å². The summed E-state index contributed by atoms with van der Waals surface area (Å²) in [6.45, 7) is 0. The first-order valence-corrected chi connectivity index (χ1v) is 2.44. The van der Waals surface area contributed by atoms with Crippen molar-refractivity contribution in [3.8, 4) is 0 Å². The van der Waals surface area contributed by atoms with E-state index in [4.69, 9.17) is 17.0 Å². The van der Waals surface area contributed by atoms with E-state index < -0.39 is 16.9 Å². The van der Waals surface area contributed by atoms with Gasteiger partial charge in [0, 0.05) is 7.05 Å². The van der Waals surface area contributed by atoms with Crippen molar-refractivity contribution in [2.75, 3.05) is 7.05 Å². The lowest BCUT2D eigenvalue weighted by Crippen LogP contribution is -2.04. The molecule has 0 amide bonds. The van der Waals surface area contributed by atoms with E-state index in [-0.39, 0.29) is 0 Å². The fourth-order valence-electron chi connectivity index (χ4n) is 0.206. The van der Waals surface area contributed by atoms with E-state index in [9.17, 15) is 8.78 Å². The van der Waals surface area contributed by atoms with Crippen LogP contribution in [0.3, 0.4) is 0 Å². The molecule has 0 aliphatic rings. The molecule has 0 atom stereocenters. The fourth-order valence-corrected chi connectivity index (χ4v) is 0.289. The number of hydrogen-bond acceptors (Lipinski definition) is 2. The molecule has 0 aromatic carbocycles. The van der Waals surface area contributed by atoms with Gasteiger partial charge in [0.2, 0.25) is 11.8 Å². The van der Waals surface area contributed by atoms with Crippen LogP contribution in [0.5, 0.6) is 0 Å². The Morgan fingerprint density at radius 3 is 2.11 bits per heavy atom. The first-order valence-electron chi connectivity index (χ1n) is 2.07. The predicted octanol–water partition coefficient (Wildman–Crippen LogP) is 1.53. The van der Waals surface area contributed by atoms with Crippen LogP contribution < -0.4 is 5.32 Å². The molecule has 52 valence electrons. The summed E-state index contributed by atoms with van der Waals surface area (Å²) in [6.07, 6.45) is 0. The summed E-state index contributed by atoms with van der Waals surface area (Å²) in [4.78, 5) is 0. The second kappa shape index (κ2) is 3.40. The van der Waals surface area contributed by atoms with E-state index in [1.54, 1.807) is 0 Å². The van der Waals surface area contributed by atoms with Crippen LogP contribution in [-0.2, 0) is 0 Å². The van der Waals surface area contributed by atoms with Crippen LogP contribution >= 0.6 is 11.6 Å². The van der Waals surface area contributed by atoms with E-state index in [2.05, 4.69) is 5.32 Å². The predicted molar refractivity (Wildman–Crippen MR) is 31.9 cm³/mol. The minimum atomic E-state index is -1.67. The van der Waals surface area contributed by atoms with E-state index in [0.717, 1.165) is 0 Å². The Labute approximate surface area is 56.0 Å². The number of halogens is 3. The summed E-state index contributed by atoms with van der Waals surface area (Å²) in [5.41, 5.74) is 0. The molecular weight excluding hydrogens is 150 g/mol. The first-order chi connectivity index (χ1) is 4.09. The van der Waals surface area contributed by atoms with Gasteiger partial charge in [-0.15, -0.1) is 0 Å². The Morgan fingerprint density at radius 2 is 2.00 bits per heavy atom. The number of allylic oxidation sites excluding steroid dienone is 1. The molecule has 0 saturated carbocycles. The molecule has 0 radical (unpaired) electrons. The van der Waals surface area contributed by atoms with E-state index >= 15 is 0 Å². The summed E-state index contributed by atoms with van der Waals surface area (Å²) in [7, 11) is 1.32. The quantitative estimate of drug-likeness (QED) is 0.459. The molecular formula is C4H5ClF2N2. The monoisotopic (exact) mass is 154 g/mol. The number of nitrogens with one attached hydrogen (secondary N) is 2. The van der Waals surface area contributed by atoms with Gasteiger partial charge >= 0.3 is 0 Å². The molecule has 0 aliphatic carbocycles. The van der Waals surface area contributed by atoms with Gasteiger partial charge in [0.1, 0.15) is 5.16 Å². The zero-order chi connectivity index (χ0) is 7.44. The minimum Gasteiger partial charge on any atom is -0.376 e. The molecule has 0 bridgehead atoms. The summed E-state index contributed by atoms with van der Waals surface area (Å²) in [6, 6.07) is 0. The average molecular weight is 155 g/mol. The normalized spacial score (nSPS) is 12.4. The molecule has 0 heterocycles. The van der Waals surface area contributed by atoms with Crippen LogP contribution in [-0.4, -0.2) is 13.0 Å². The Kier molecular flexibility index (Phi) is 3.16. The Balaban J connectivity index is 4.28. The van der Waals surface area contributed by atoms with Crippen molar-refractivity contribution in [2.24, 2.45) is 0 Å². The van der Waals surface area contributed by atoms with Crippen molar-refractivity contribution in [1.82, 2.24) is 5.32 Å². The average Bonchev–Trinajstić information content (AvgIpc) is 1.84. The SMILES string of the molecule is CN/C(Cl)=C(/F)C(=N)F. The summed E-state index contributed by atoms with van der Waals surface area (Å²) in [5, 5.41) is 7.75. The molecule has 0 aromatic heterocycles. The van der Waals surface area contributed by atoms with Gasteiger partial charge in [-0.05, 0) is 0 Å². The molecule has 5 heteroatoms. The maximum atomic E-state index is 12.0. The Bertz CT molecular complexity index is 155. The highest BCUT2D eigenvalue weighted by Gasteiger charge is 2.06. The summed E-state index contributed by atoms with van der Waals surface area (Å²) in [5.74, 6) is -3.05. The van der Waals surface area contributed by atoms with Crippen molar-refractivity contribution in [3.63, 3.8) is 0 Å². The van der Waals surface area contributed by atoms with Gasteiger partial charge in [-0.3, -0.25) is 5.41 Å². The molecule has 0 saturated heterocycles. The highest BCUT2D eigenvalue weighted by atomic mass is 35.5. The third kappa shape index (κ3) is 2.41. The second-order valence-corrected chi connectivity index (χ2v) is 1.57. The minimum absolute atomic E-state index is 0.498. The zero-order valence-corrected chi connectivity index (χ0v) is 5.39. The van der Waals surface area contributed by atoms with Crippen LogP contribution in [0.15, 0.2) is 11.0 Å². The summed E-state index contributed by atoms with van der Waals surface area (Å²) < 4.78 is 23.6. The van der Waals surface area contributed by atoms with E-state index in [0.29, 0.717) is 0 Å². The molecule has 2 N–H and O–H groups in total. The topological polar surface area (TPSA) is 35.9 Å². The second-order valence-electron chi connectivity index (χ2n) is 1.19. The molecule has 0 fully saturated rings. The van der Waals surface area contributed by atoms with Crippen LogP contribution in [0.25, 0.3) is 0 Å². The standard InChI is InChI=1S/C4H5ClF2N2/c1-9-3(5)2(6)4(7)8/h8-9H,1H3/b3-2+,8-4?. The van der Waals surface area contributed by atoms with Crippen LogP contribution in [0.4, 0.5) is 8.78 Å². The van der Waals surface area contributed by atoms with Crippen molar-refractivity contribution < 1.29 is 8.78 Å². The lowest BCUT2D eigenvalue weighted by atomic mass is 10.6. The van der Waals surface area contributed by atoms with Crippen molar-refractivity contribution in [2.45, 2.75) is 0 Å². The zero-order valence-electron chi connectivity index (χ0n) is 4.63. The highest BCUT2D eigenvalue weighted by molar-refractivity contribution is 6.31. The third-order valence-corrected chi connectivity index (χ3v) is 0.960. The molecule has 2 nitrogen and oxygen atoms in total. The van der Waals surface area contributed by atoms with Crippen LogP contribution in [0.1, 0.15) is 0 Å². The highest BCUT2D eigenvalue weighted by Crippen LogP contribution is 2.08. The molecule has 0 aromatic rings. The van der Waals surface area contributed by atoms with Gasteiger partial charge in [0.15, 0.2) is 0 Å². The number of hydrogen-bond donors (Lipinski definition) is 2. The first kappa shape index (κ1) is 8.36. The van der Waals surface area contributed by atoms with Gasteiger partial charge < -0.3 is 5.32 Å². The summed E-state index contributed by atoms with van der Waals surface area (Å²) >= 11 is 5.02. The molecule has 0 spiro atoms. The van der Waals surface area contributed by atoms with Gasteiger partial charge in [-0.1, -0.05) is 11.6 Å². The van der Waals surface area contributed by atoms with Gasteiger partial charge in [-0.25, -0.2) is 0 Å².